The Hall–Kier alpha value is -3.23. The van der Waals surface area contributed by atoms with Crippen molar-refractivity contribution in [3.63, 3.8) is 0 Å². The maximum Gasteiger partial charge on any atom is 0.275 e. The first-order valence-corrected chi connectivity index (χ1v) is 10.4. The van der Waals surface area contributed by atoms with Crippen LogP contribution in [0.1, 0.15) is 30.9 Å². The first-order valence-electron chi connectivity index (χ1n) is 9.62. The van der Waals surface area contributed by atoms with Crippen molar-refractivity contribution in [2.24, 2.45) is 0 Å². The molecule has 1 atom stereocenters. The van der Waals surface area contributed by atoms with Crippen LogP contribution in [0.25, 0.3) is 11.4 Å². The number of halogens is 2. The van der Waals surface area contributed by atoms with Gasteiger partial charge in [-0.25, -0.2) is 4.68 Å². The van der Waals surface area contributed by atoms with Gasteiger partial charge in [-0.2, -0.15) is 4.98 Å². The standard InChI is InChI=1S/C21H15Cl2N5O3/c22-13-9-8-11(10-14(13)23)20-25-21-24-15-5-3-7-17(29)18(15)19(27(21)26-20)12-4-1-2-6-16(12)28(30)31/h1-2,4,6,8-10,19H,3,5,7H2,(H,24,25,26). The summed E-state index contributed by atoms with van der Waals surface area (Å²) in [5, 5.41) is 20.3. The Kier molecular flexibility index (Phi) is 4.75. The Balaban J connectivity index is 1.72. The number of nitro groups is 1. The van der Waals surface area contributed by atoms with E-state index in [0.717, 1.165) is 5.70 Å². The molecule has 5 rings (SSSR count). The molecule has 0 bridgehead atoms. The fourth-order valence-electron chi connectivity index (χ4n) is 4.09. The van der Waals surface area contributed by atoms with Gasteiger partial charge >= 0.3 is 0 Å². The molecule has 1 N–H and O–H groups in total. The van der Waals surface area contributed by atoms with E-state index >= 15 is 0 Å². The number of carbonyl (C=O) groups excluding carboxylic acids is 1. The molecular weight excluding hydrogens is 441 g/mol. The summed E-state index contributed by atoms with van der Waals surface area (Å²) < 4.78 is 1.54. The van der Waals surface area contributed by atoms with Crippen LogP contribution in [0.2, 0.25) is 10.0 Å². The molecule has 1 unspecified atom stereocenters. The van der Waals surface area contributed by atoms with E-state index in [0.29, 0.717) is 57.8 Å². The van der Waals surface area contributed by atoms with Crippen LogP contribution in [0, 0.1) is 10.1 Å². The molecule has 3 aromatic rings. The van der Waals surface area contributed by atoms with E-state index in [4.69, 9.17) is 23.2 Å². The van der Waals surface area contributed by atoms with Crippen LogP contribution < -0.4 is 5.32 Å². The van der Waals surface area contributed by atoms with E-state index in [9.17, 15) is 14.9 Å². The maximum absolute atomic E-state index is 12.9. The number of carbonyl (C=O) groups is 1. The number of nitrogens with one attached hydrogen (secondary N) is 1. The molecule has 10 heteroatoms. The molecule has 2 aliphatic rings. The Bertz CT molecular complexity index is 1280. The van der Waals surface area contributed by atoms with Crippen molar-refractivity contribution in [1.29, 1.82) is 0 Å². The minimum Gasteiger partial charge on any atom is -0.328 e. The molecule has 31 heavy (non-hydrogen) atoms. The van der Waals surface area contributed by atoms with E-state index in [1.165, 1.54) is 6.07 Å². The molecule has 1 aliphatic carbocycles. The van der Waals surface area contributed by atoms with Gasteiger partial charge in [-0.3, -0.25) is 14.9 Å². The highest BCUT2D eigenvalue weighted by molar-refractivity contribution is 6.42. The van der Waals surface area contributed by atoms with Crippen LogP contribution in [0.3, 0.4) is 0 Å². The number of ketones is 1. The Morgan fingerprint density at radius 2 is 1.94 bits per heavy atom. The second-order valence-electron chi connectivity index (χ2n) is 7.34. The van der Waals surface area contributed by atoms with Gasteiger partial charge in [0.1, 0.15) is 6.04 Å². The van der Waals surface area contributed by atoms with Crippen LogP contribution in [0.4, 0.5) is 11.6 Å². The van der Waals surface area contributed by atoms with E-state index in [1.54, 1.807) is 41.1 Å². The fourth-order valence-corrected chi connectivity index (χ4v) is 4.38. The molecule has 8 nitrogen and oxygen atoms in total. The summed E-state index contributed by atoms with van der Waals surface area (Å²) in [5.74, 6) is 0.740. The molecule has 0 radical (unpaired) electrons. The highest BCUT2D eigenvalue weighted by Crippen LogP contribution is 2.43. The molecule has 2 heterocycles. The van der Waals surface area contributed by atoms with Gasteiger partial charge in [0.25, 0.3) is 5.69 Å². The number of para-hydroxylation sites is 1. The molecule has 1 aliphatic heterocycles. The molecule has 0 amide bonds. The second-order valence-corrected chi connectivity index (χ2v) is 8.16. The van der Waals surface area contributed by atoms with Crippen LogP contribution in [0.15, 0.2) is 53.7 Å². The lowest BCUT2D eigenvalue weighted by Gasteiger charge is -2.31. The monoisotopic (exact) mass is 455 g/mol. The lowest BCUT2D eigenvalue weighted by atomic mass is 9.85. The minimum atomic E-state index is -0.746. The first kappa shape index (κ1) is 19.7. The van der Waals surface area contributed by atoms with Gasteiger partial charge in [0.15, 0.2) is 11.6 Å². The normalized spacial score (nSPS) is 17.7. The Labute approximate surface area is 186 Å². The summed E-state index contributed by atoms with van der Waals surface area (Å²) in [4.78, 5) is 28.8. The summed E-state index contributed by atoms with van der Waals surface area (Å²) in [6.07, 6.45) is 1.76. The zero-order chi connectivity index (χ0) is 21.7. The molecule has 0 saturated carbocycles. The quantitative estimate of drug-likeness (QED) is 0.430. The number of anilines is 1. The summed E-state index contributed by atoms with van der Waals surface area (Å²) in [6.45, 7) is 0. The number of nitrogens with zero attached hydrogens (tertiary/aromatic N) is 4. The molecule has 0 saturated heterocycles. The van der Waals surface area contributed by atoms with Crippen molar-refractivity contribution in [3.05, 3.63) is 79.5 Å². The average molecular weight is 456 g/mol. The fraction of sp³-hybridized carbons (Fsp3) is 0.190. The molecule has 156 valence electrons. The number of benzene rings is 2. The molecule has 0 spiro atoms. The average Bonchev–Trinajstić information content (AvgIpc) is 3.18. The lowest BCUT2D eigenvalue weighted by molar-refractivity contribution is -0.385. The summed E-state index contributed by atoms with van der Waals surface area (Å²) >= 11 is 12.2. The number of aromatic nitrogens is 3. The second kappa shape index (κ2) is 7.47. The third-order valence-corrected chi connectivity index (χ3v) is 6.21. The molecule has 2 aromatic carbocycles. The largest absolute Gasteiger partial charge is 0.328 e. The highest BCUT2D eigenvalue weighted by atomic mass is 35.5. The first-order chi connectivity index (χ1) is 14.9. The maximum atomic E-state index is 12.9. The Morgan fingerprint density at radius 3 is 2.71 bits per heavy atom. The van der Waals surface area contributed by atoms with Gasteiger partial charge in [-0.1, -0.05) is 35.3 Å². The van der Waals surface area contributed by atoms with E-state index < -0.39 is 11.0 Å². The Morgan fingerprint density at radius 1 is 1.13 bits per heavy atom. The van der Waals surface area contributed by atoms with Gasteiger partial charge in [0, 0.05) is 29.3 Å². The third-order valence-electron chi connectivity index (χ3n) is 5.47. The number of allylic oxidation sites excluding steroid dienone is 2. The third kappa shape index (κ3) is 3.28. The summed E-state index contributed by atoms with van der Waals surface area (Å²) in [7, 11) is 0. The van der Waals surface area contributed by atoms with Crippen molar-refractivity contribution in [1.82, 2.24) is 14.8 Å². The predicted molar refractivity (Wildman–Crippen MR) is 116 cm³/mol. The predicted octanol–water partition coefficient (Wildman–Crippen LogP) is 5.18. The van der Waals surface area contributed by atoms with Gasteiger partial charge in [-0.05, 0) is 37.1 Å². The highest BCUT2D eigenvalue weighted by Gasteiger charge is 2.39. The lowest BCUT2D eigenvalue weighted by Crippen LogP contribution is -2.31. The van der Waals surface area contributed by atoms with Crippen LogP contribution in [-0.4, -0.2) is 25.5 Å². The molecule has 1 aromatic heterocycles. The van der Waals surface area contributed by atoms with Gasteiger partial charge < -0.3 is 5.32 Å². The topological polar surface area (TPSA) is 103 Å². The summed E-state index contributed by atoms with van der Waals surface area (Å²) in [6, 6.07) is 10.7. The van der Waals surface area contributed by atoms with Crippen molar-refractivity contribution < 1.29 is 9.72 Å². The van der Waals surface area contributed by atoms with Crippen molar-refractivity contribution in [2.45, 2.75) is 25.3 Å². The SMILES string of the molecule is O=C1CCCC2=C1C(c1ccccc1[N+](=O)[O-])n1nc(-c3ccc(Cl)c(Cl)c3)nc1N2. The van der Waals surface area contributed by atoms with Crippen molar-refractivity contribution in [2.75, 3.05) is 5.32 Å². The number of nitro benzene ring substituents is 1. The molecular formula is C21H15Cl2N5O3. The number of fused-ring (bicyclic) bond motifs is 1. The summed E-state index contributed by atoms with van der Waals surface area (Å²) in [5.41, 5.74) is 2.20. The van der Waals surface area contributed by atoms with Crippen molar-refractivity contribution in [3.8, 4) is 11.4 Å². The zero-order valence-corrected chi connectivity index (χ0v) is 17.5. The zero-order valence-electron chi connectivity index (χ0n) is 16.0. The van der Waals surface area contributed by atoms with E-state index in [1.807, 2.05) is 0 Å². The smallest absolute Gasteiger partial charge is 0.275 e. The van der Waals surface area contributed by atoms with Gasteiger partial charge in [-0.15, -0.1) is 5.10 Å². The van der Waals surface area contributed by atoms with Crippen LogP contribution >= 0.6 is 23.2 Å². The van der Waals surface area contributed by atoms with Gasteiger partial charge in [0.05, 0.1) is 20.5 Å². The molecule has 0 fully saturated rings. The minimum absolute atomic E-state index is 0.0471. The van der Waals surface area contributed by atoms with Crippen molar-refractivity contribution >= 4 is 40.6 Å². The number of hydrogen-bond donors (Lipinski definition) is 1. The number of rotatable bonds is 3. The number of hydrogen-bond acceptors (Lipinski definition) is 6. The number of Topliss-reactive ketones (excluding diaryl/α,β-unsaturated/α-hetero) is 1. The van der Waals surface area contributed by atoms with Crippen LogP contribution in [0.5, 0.6) is 0 Å². The van der Waals surface area contributed by atoms with E-state index in [2.05, 4.69) is 15.4 Å². The van der Waals surface area contributed by atoms with E-state index in [-0.39, 0.29) is 11.5 Å². The van der Waals surface area contributed by atoms with Gasteiger partial charge in [0.2, 0.25) is 5.95 Å². The van der Waals surface area contributed by atoms with Crippen LogP contribution in [-0.2, 0) is 4.79 Å².